The number of aryl methyl sites for hydroxylation is 1. The van der Waals surface area contributed by atoms with Gasteiger partial charge in [0.2, 0.25) is 17.0 Å². The Hall–Kier alpha value is -3.91. The summed E-state index contributed by atoms with van der Waals surface area (Å²) in [6.45, 7) is 2.02. The molecule has 0 radical (unpaired) electrons. The molecule has 4 aromatic rings. The van der Waals surface area contributed by atoms with Crippen LogP contribution in [0.4, 0.5) is 5.69 Å². The molecule has 0 aliphatic carbocycles. The number of imide groups is 1. The molecule has 0 spiro atoms. The highest BCUT2D eigenvalue weighted by Crippen LogP contribution is 2.34. The van der Waals surface area contributed by atoms with Crippen molar-refractivity contribution in [3.05, 3.63) is 84.4 Å². The van der Waals surface area contributed by atoms with Crippen LogP contribution >= 0.6 is 11.8 Å². The average molecular weight is 457 g/mol. The van der Waals surface area contributed by atoms with Gasteiger partial charge in [-0.05, 0) is 43.3 Å². The molecule has 2 amide bonds. The molecule has 1 aliphatic heterocycles. The van der Waals surface area contributed by atoms with Gasteiger partial charge >= 0.3 is 0 Å². The number of carbonyl (C=O) groups excluding carboxylic acids is 2. The molecule has 1 aliphatic rings. The van der Waals surface area contributed by atoms with Gasteiger partial charge in [-0.3, -0.25) is 14.7 Å². The quantitative estimate of drug-likeness (QED) is 0.411. The van der Waals surface area contributed by atoms with Crippen molar-refractivity contribution in [1.29, 1.82) is 0 Å². The smallest absolute Gasteiger partial charge is 0.247 e. The van der Waals surface area contributed by atoms with Gasteiger partial charge in [0.15, 0.2) is 5.82 Å². The topological polar surface area (TPSA) is 88.2 Å². The second-order valence-electron chi connectivity index (χ2n) is 7.62. The van der Waals surface area contributed by atoms with Gasteiger partial charge in [0.1, 0.15) is 16.7 Å². The number of aromatic amines is 1. The van der Waals surface area contributed by atoms with Crippen molar-refractivity contribution in [2.45, 2.75) is 23.8 Å². The predicted molar refractivity (Wildman–Crippen MR) is 126 cm³/mol. The Morgan fingerprint density at radius 2 is 1.64 bits per heavy atom. The third-order valence-electron chi connectivity index (χ3n) is 5.22. The van der Waals surface area contributed by atoms with Crippen molar-refractivity contribution < 1.29 is 14.3 Å². The zero-order chi connectivity index (χ0) is 22.8. The molecular weight excluding hydrogens is 436 g/mol. The summed E-state index contributed by atoms with van der Waals surface area (Å²) in [7, 11) is 0. The van der Waals surface area contributed by atoms with E-state index in [1.54, 1.807) is 24.3 Å². The van der Waals surface area contributed by atoms with Crippen molar-refractivity contribution in [1.82, 2.24) is 15.2 Å². The van der Waals surface area contributed by atoms with E-state index in [-0.39, 0.29) is 18.2 Å². The van der Waals surface area contributed by atoms with Crippen LogP contribution in [0.25, 0.3) is 11.4 Å². The Balaban J connectivity index is 1.27. The molecule has 1 atom stereocenters. The van der Waals surface area contributed by atoms with Crippen LogP contribution in [0.15, 0.2) is 84.0 Å². The summed E-state index contributed by atoms with van der Waals surface area (Å²) in [5, 5.41) is 6.99. The van der Waals surface area contributed by atoms with E-state index in [4.69, 9.17) is 4.74 Å². The van der Waals surface area contributed by atoms with Crippen molar-refractivity contribution in [2.75, 3.05) is 4.90 Å². The van der Waals surface area contributed by atoms with Crippen molar-refractivity contribution in [3.8, 4) is 22.9 Å². The second-order valence-corrected chi connectivity index (χ2v) is 8.79. The molecule has 1 aromatic heterocycles. The molecule has 1 N–H and O–H groups in total. The van der Waals surface area contributed by atoms with Gasteiger partial charge in [-0.15, -0.1) is 5.10 Å². The van der Waals surface area contributed by atoms with E-state index in [1.807, 2.05) is 61.5 Å². The fourth-order valence-corrected chi connectivity index (χ4v) is 4.45. The fraction of sp³-hybridized carbons (Fsp3) is 0.120. The number of aromatic nitrogens is 3. The third-order valence-corrected chi connectivity index (χ3v) is 6.26. The van der Waals surface area contributed by atoms with E-state index in [9.17, 15) is 9.59 Å². The summed E-state index contributed by atoms with van der Waals surface area (Å²) in [5.41, 5.74) is 2.58. The third kappa shape index (κ3) is 4.51. The van der Waals surface area contributed by atoms with E-state index in [0.29, 0.717) is 28.2 Å². The molecule has 0 saturated carbocycles. The zero-order valence-electron chi connectivity index (χ0n) is 17.8. The van der Waals surface area contributed by atoms with E-state index in [0.717, 1.165) is 11.1 Å². The Kier molecular flexibility index (Phi) is 5.66. The number of hydrogen-bond donors (Lipinski definition) is 1. The molecule has 1 saturated heterocycles. The molecule has 2 heterocycles. The highest BCUT2D eigenvalue weighted by atomic mass is 32.2. The lowest BCUT2D eigenvalue weighted by Gasteiger charge is -2.15. The van der Waals surface area contributed by atoms with Gasteiger partial charge in [0.05, 0.1) is 5.69 Å². The standard InChI is InChI=1S/C25H20N4O3S/c1-16-7-9-17(10-8-16)23-26-25(28-27-23)33-21-15-22(30)29(24(21)31)18-11-13-20(14-12-18)32-19-5-3-2-4-6-19/h2-14,21H,15H2,1H3,(H,26,27,28)/t21-/m1/s1. The van der Waals surface area contributed by atoms with Crippen LogP contribution in [0.3, 0.4) is 0 Å². The number of ether oxygens (including phenoxy) is 1. The normalized spacial score (nSPS) is 15.8. The van der Waals surface area contributed by atoms with Crippen LogP contribution in [0.5, 0.6) is 11.5 Å². The minimum absolute atomic E-state index is 0.0974. The van der Waals surface area contributed by atoms with Crippen LogP contribution in [0.2, 0.25) is 0 Å². The minimum atomic E-state index is -0.570. The van der Waals surface area contributed by atoms with E-state index in [2.05, 4.69) is 15.2 Å². The molecule has 5 rings (SSSR count). The number of thioether (sulfide) groups is 1. The molecule has 0 unspecified atom stereocenters. The summed E-state index contributed by atoms with van der Waals surface area (Å²) in [4.78, 5) is 31.3. The lowest BCUT2D eigenvalue weighted by atomic mass is 10.1. The average Bonchev–Trinajstić information content (AvgIpc) is 3.40. The molecular formula is C25H20N4O3S. The molecule has 1 fully saturated rings. The van der Waals surface area contributed by atoms with Gasteiger partial charge in [-0.25, -0.2) is 9.88 Å². The summed E-state index contributed by atoms with van der Waals surface area (Å²) in [6, 6.07) is 24.2. The van der Waals surface area contributed by atoms with E-state index < -0.39 is 5.25 Å². The summed E-state index contributed by atoms with van der Waals surface area (Å²) in [6.07, 6.45) is 0.0974. The molecule has 7 nitrogen and oxygen atoms in total. The number of rotatable bonds is 6. The lowest BCUT2D eigenvalue weighted by molar-refractivity contribution is -0.121. The minimum Gasteiger partial charge on any atom is -0.457 e. The lowest BCUT2D eigenvalue weighted by Crippen LogP contribution is -2.31. The number of carbonyl (C=O) groups is 2. The SMILES string of the molecule is Cc1ccc(-c2nc(S[C@@H]3CC(=O)N(c4ccc(Oc5ccccc5)cc4)C3=O)n[nH]2)cc1. The Morgan fingerprint density at radius 3 is 2.36 bits per heavy atom. The first-order chi connectivity index (χ1) is 16.1. The maximum absolute atomic E-state index is 13.0. The molecule has 33 heavy (non-hydrogen) atoms. The number of amides is 2. The number of anilines is 1. The first-order valence-electron chi connectivity index (χ1n) is 10.4. The largest absolute Gasteiger partial charge is 0.457 e. The van der Waals surface area contributed by atoms with Crippen LogP contribution in [0.1, 0.15) is 12.0 Å². The van der Waals surface area contributed by atoms with Gasteiger partial charge in [0.25, 0.3) is 0 Å². The van der Waals surface area contributed by atoms with Crippen LogP contribution in [-0.4, -0.2) is 32.2 Å². The molecule has 0 bridgehead atoms. The molecule has 8 heteroatoms. The Morgan fingerprint density at radius 1 is 0.939 bits per heavy atom. The molecule has 3 aromatic carbocycles. The first kappa shape index (κ1) is 21.0. The van der Waals surface area contributed by atoms with Crippen molar-refractivity contribution in [2.24, 2.45) is 0 Å². The van der Waals surface area contributed by atoms with Crippen LogP contribution in [0, 0.1) is 6.92 Å². The first-order valence-corrected chi connectivity index (χ1v) is 11.3. The van der Waals surface area contributed by atoms with E-state index >= 15 is 0 Å². The summed E-state index contributed by atoms with van der Waals surface area (Å²) < 4.78 is 5.78. The second kappa shape index (κ2) is 8.91. The van der Waals surface area contributed by atoms with Crippen molar-refractivity contribution >= 4 is 29.3 Å². The van der Waals surface area contributed by atoms with Crippen LogP contribution in [-0.2, 0) is 9.59 Å². The maximum atomic E-state index is 13.0. The van der Waals surface area contributed by atoms with Gasteiger partial charge < -0.3 is 4.74 Å². The summed E-state index contributed by atoms with van der Waals surface area (Å²) in [5.74, 6) is 1.44. The van der Waals surface area contributed by atoms with Crippen molar-refractivity contribution in [3.63, 3.8) is 0 Å². The maximum Gasteiger partial charge on any atom is 0.247 e. The van der Waals surface area contributed by atoms with Gasteiger partial charge in [-0.1, -0.05) is 59.8 Å². The monoisotopic (exact) mass is 456 g/mol. The highest BCUT2D eigenvalue weighted by molar-refractivity contribution is 8.00. The Labute approximate surface area is 194 Å². The van der Waals surface area contributed by atoms with E-state index in [1.165, 1.54) is 16.7 Å². The number of benzene rings is 3. The molecule has 164 valence electrons. The number of hydrogen-bond acceptors (Lipinski definition) is 6. The summed E-state index contributed by atoms with van der Waals surface area (Å²) >= 11 is 1.19. The number of nitrogens with one attached hydrogen (secondary N) is 1. The van der Waals surface area contributed by atoms with Gasteiger partial charge in [-0.2, -0.15) is 0 Å². The predicted octanol–water partition coefficient (Wildman–Crippen LogP) is 5.00. The van der Waals surface area contributed by atoms with Crippen LogP contribution < -0.4 is 9.64 Å². The number of H-pyrrole nitrogens is 1. The number of nitrogens with zero attached hydrogens (tertiary/aromatic N) is 3. The Bertz CT molecular complexity index is 1290. The highest BCUT2D eigenvalue weighted by Gasteiger charge is 2.40. The zero-order valence-corrected chi connectivity index (χ0v) is 18.6. The number of para-hydroxylation sites is 1. The fourth-order valence-electron chi connectivity index (χ4n) is 3.52. The van der Waals surface area contributed by atoms with Gasteiger partial charge in [0, 0.05) is 12.0 Å².